The molecule has 0 heterocycles. The molecular formula is C18H15ClN2O4S. The van der Waals surface area contributed by atoms with Crippen molar-refractivity contribution < 1.29 is 19.4 Å². The molecule has 2 rings (SSSR count). The number of amides is 1. The quantitative estimate of drug-likeness (QED) is 0.534. The van der Waals surface area contributed by atoms with Crippen LogP contribution in [0.2, 0.25) is 5.02 Å². The molecule has 8 heteroatoms. The van der Waals surface area contributed by atoms with Crippen molar-refractivity contribution >= 4 is 52.6 Å². The topological polar surface area (TPSA) is 87.7 Å². The number of anilines is 1. The molecule has 0 fully saturated rings. The number of carboxylic acid groups (broad SMARTS) is 1. The van der Waals surface area contributed by atoms with Gasteiger partial charge in [-0.05, 0) is 36.0 Å². The minimum atomic E-state index is -1.15. The van der Waals surface area contributed by atoms with E-state index in [0.717, 1.165) is 5.56 Å². The Morgan fingerprint density at radius 1 is 1.23 bits per heavy atom. The number of halogens is 1. The van der Waals surface area contributed by atoms with Crippen LogP contribution >= 0.6 is 23.8 Å². The number of carbonyl (C=O) groups is 2. The average Bonchev–Trinajstić information content (AvgIpc) is 2.60. The molecule has 0 saturated heterocycles. The highest BCUT2D eigenvalue weighted by Crippen LogP contribution is 2.34. The maximum atomic E-state index is 11.9. The number of carboxylic acids is 1. The number of ether oxygens (including phenoxy) is 1. The van der Waals surface area contributed by atoms with Gasteiger partial charge in [0.05, 0.1) is 23.4 Å². The Balaban J connectivity index is 2.08. The third kappa shape index (κ3) is 5.30. The van der Waals surface area contributed by atoms with Gasteiger partial charge in [-0.15, -0.1) is 0 Å². The van der Waals surface area contributed by atoms with E-state index in [9.17, 15) is 9.59 Å². The number of nitrogens with one attached hydrogen (secondary N) is 2. The van der Waals surface area contributed by atoms with Gasteiger partial charge < -0.3 is 15.2 Å². The fourth-order valence-electron chi connectivity index (χ4n) is 2.06. The minimum Gasteiger partial charge on any atom is -0.493 e. The molecule has 0 bridgehead atoms. The van der Waals surface area contributed by atoms with E-state index in [1.54, 1.807) is 6.08 Å². The number of benzene rings is 2. The zero-order valence-electron chi connectivity index (χ0n) is 13.7. The van der Waals surface area contributed by atoms with Gasteiger partial charge >= 0.3 is 5.97 Å². The second-order valence-electron chi connectivity index (χ2n) is 5.03. The van der Waals surface area contributed by atoms with Gasteiger partial charge in [-0.1, -0.05) is 41.9 Å². The molecule has 0 unspecified atom stereocenters. The van der Waals surface area contributed by atoms with Crippen molar-refractivity contribution in [3.05, 3.63) is 64.7 Å². The minimum absolute atomic E-state index is 0.0235. The van der Waals surface area contributed by atoms with Crippen molar-refractivity contribution in [1.29, 1.82) is 0 Å². The van der Waals surface area contributed by atoms with Crippen LogP contribution in [0.4, 0.5) is 5.69 Å². The van der Waals surface area contributed by atoms with Crippen LogP contribution in [0, 0.1) is 0 Å². The monoisotopic (exact) mass is 390 g/mol. The van der Waals surface area contributed by atoms with Gasteiger partial charge in [0.2, 0.25) is 5.91 Å². The normalized spacial score (nSPS) is 10.4. The van der Waals surface area contributed by atoms with Gasteiger partial charge in [0.15, 0.2) is 10.9 Å². The molecular weight excluding hydrogens is 376 g/mol. The van der Waals surface area contributed by atoms with Crippen LogP contribution < -0.4 is 15.4 Å². The summed E-state index contributed by atoms with van der Waals surface area (Å²) in [5, 5.41) is 14.4. The fraction of sp³-hybridized carbons (Fsp3) is 0.0556. The molecule has 0 spiro atoms. The van der Waals surface area contributed by atoms with Gasteiger partial charge in [-0.3, -0.25) is 10.1 Å². The Kier molecular flexibility index (Phi) is 6.71. The second-order valence-corrected chi connectivity index (χ2v) is 5.85. The van der Waals surface area contributed by atoms with Crippen molar-refractivity contribution in [3.8, 4) is 5.75 Å². The van der Waals surface area contributed by atoms with Gasteiger partial charge in [0.25, 0.3) is 0 Å². The summed E-state index contributed by atoms with van der Waals surface area (Å²) in [4.78, 5) is 23.1. The molecule has 0 saturated carbocycles. The third-order valence-electron chi connectivity index (χ3n) is 3.21. The Morgan fingerprint density at radius 2 is 1.92 bits per heavy atom. The predicted octanol–water partition coefficient (Wildman–Crippen LogP) is 3.57. The Hall–Kier alpha value is -2.90. The summed E-state index contributed by atoms with van der Waals surface area (Å²) in [5.74, 6) is -1.38. The lowest BCUT2D eigenvalue weighted by atomic mass is 10.2. The standard InChI is InChI=1S/C18H15ClN2O4S/c1-25-16-13(19)9-12(17(23)24)10-14(16)20-18(26)21-15(22)8-7-11-5-3-2-4-6-11/h2-10H,1H3,(H,23,24)(H2,20,21,22,26)/b8-7+. The molecule has 3 N–H and O–H groups in total. The number of hydrogen-bond acceptors (Lipinski definition) is 4. The van der Waals surface area contributed by atoms with Crippen LogP contribution in [-0.2, 0) is 4.79 Å². The van der Waals surface area contributed by atoms with E-state index in [0.29, 0.717) is 0 Å². The number of rotatable bonds is 5. The first kappa shape index (κ1) is 19.4. The van der Waals surface area contributed by atoms with Gasteiger partial charge in [0.1, 0.15) is 0 Å². The smallest absolute Gasteiger partial charge is 0.335 e. The number of aromatic carboxylic acids is 1. The van der Waals surface area contributed by atoms with E-state index < -0.39 is 11.9 Å². The molecule has 0 radical (unpaired) electrons. The summed E-state index contributed by atoms with van der Waals surface area (Å²) >= 11 is 11.1. The second kappa shape index (κ2) is 8.98. The van der Waals surface area contributed by atoms with Crippen LogP contribution in [0.15, 0.2) is 48.5 Å². The average molecular weight is 391 g/mol. The van der Waals surface area contributed by atoms with Crippen LogP contribution in [0.3, 0.4) is 0 Å². The molecule has 2 aromatic rings. The number of hydrogen-bond donors (Lipinski definition) is 3. The van der Waals surface area contributed by atoms with E-state index in [-0.39, 0.29) is 27.1 Å². The van der Waals surface area contributed by atoms with E-state index in [2.05, 4.69) is 10.6 Å². The van der Waals surface area contributed by atoms with Crippen LogP contribution in [0.5, 0.6) is 5.75 Å². The molecule has 2 aromatic carbocycles. The van der Waals surface area contributed by atoms with Gasteiger partial charge in [-0.2, -0.15) is 0 Å². The lowest BCUT2D eigenvalue weighted by molar-refractivity contribution is -0.115. The van der Waals surface area contributed by atoms with Crippen LogP contribution in [0.25, 0.3) is 6.08 Å². The largest absolute Gasteiger partial charge is 0.493 e. The maximum absolute atomic E-state index is 11.9. The van der Waals surface area contributed by atoms with Crippen molar-refractivity contribution in [2.45, 2.75) is 0 Å². The predicted molar refractivity (Wildman–Crippen MR) is 105 cm³/mol. The zero-order valence-corrected chi connectivity index (χ0v) is 15.2. The molecule has 134 valence electrons. The molecule has 1 amide bonds. The molecule has 0 aliphatic carbocycles. The zero-order chi connectivity index (χ0) is 19.1. The van der Waals surface area contributed by atoms with Crippen molar-refractivity contribution in [2.24, 2.45) is 0 Å². The third-order valence-corrected chi connectivity index (χ3v) is 3.69. The Labute approximate surface area is 160 Å². The van der Waals surface area contributed by atoms with Crippen molar-refractivity contribution in [3.63, 3.8) is 0 Å². The summed E-state index contributed by atoms with van der Waals surface area (Å²) in [5.41, 5.74) is 1.05. The summed E-state index contributed by atoms with van der Waals surface area (Å²) in [7, 11) is 1.39. The summed E-state index contributed by atoms with van der Waals surface area (Å²) in [6, 6.07) is 11.9. The van der Waals surface area contributed by atoms with Crippen molar-refractivity contribution in [2.75, 3.05) is 12.4 Å². The first-order chi connectivity index (χ1) is 12.4. The van der Waals surface area contributed by atoms with E-state index >= 15 is 0 Å². The molecule has 6 nitrogen and oxygen atoms in total. The SMILES string of the molecule is COc1c(Cl)cc(C(=O)O)cc1NC(=S)NC(=O)/C=C/c1ccccc1. The number of carbonyl (C=O) groups excluding carboxylic acids is 1. The lowest BCUT2D eigenvalue weighted by Gasteiger charge is -2.14. The van der Waals surface area contributed by atoms with E-state index in [1.165, 1.54) is 25.3 Å². The van der Waals surface area contributed by atoms with Crippen molar-refractivity contribution in [1.82, 2.24) is 5.32 Å². The molecule has 0 aliphatic heterocycles. The first-order valence-corrected chi connectivity index (χ1v) is 8.15. The summed E-state index contributed by atoms with van der Waals surface area (Å²) in [6.45, 7) is 0. The Bertz CT molecular complexity index is 869. The molecule has 0 atom stereocenters. The highest BCUT2D eigenvalue weighted by molar-refractivity contribution is 7.80. The Morgan fingerprint density at radius 3 is 2.54 bits per heavy atom. The van der Waals surface area contributed by atoms with E-state index in [1.807, 2.05) is 30.3 Å². The van der Waals surface area contributed by atoms with Crippen LogP contribution in [0.1, 0.15) is 15.9 Å². The highest BCUT2D eigenvalue weighted by Gasteiger charge is 2.15. The summed E-state index contributed by atoms with van der Waals surface area (Å²) in [6.07, 6.45) is 2.97. The van der Waals surface area contributed by atoms with E-state index in [4.69, 9.17) is 33.7 Å². The van der Waals surface area contributed by atoms with Crippen LogP contribution in [-0.4, -0.2) is 29.2 Å². The maximum Gasteiger partial charge on any atom is 0.335 e. The fourth-order valence-corrected chi connectivity index (χ4v) is 2.57. The van der Waals surface area contributed by atoms with Gasteiger partial charge in [0, 0.05) is 6.08 Å². The lowest BCUT2D eigenvalue weighted by Crippen LogP contribution is -2.33. The molecule has 26 heavy (non-hydrogen) atoms. The number of thiocarbonyl (C=S) groups is 1. The number of methoxy groups -OCH3 is 1. The molecule has 0 aromatic heterocycles. The highest BCUT2D eigenvalue weighted by atomic mass is 35.5. The van der Waals surface area contributed by atoms with Gasteiger partial charge in [-0.25, -0.2) is 4.79 Å². The molecule has 0 aliphatic rings. The summed E-state index contributed by atoms with van der Waals surface area (Å²) < 4.78 is 5.15. The first-order valence-electron chi connectivity index (χ1n) is 7.36.